The minimum absolute atomic E-state index is 0.0240. The molecule has 0 fully saturated rings. The van der Waals surface area contributed by atoms with Crippen LogP contribution in [0.1, 0.15) is 39.2 Å². The second kappa shape index (κ2) is 12.6. The van der Waals surface area contributed by atoms with Crippen LogP contribution in [0.5, 0.6) is 11.5 Å². The van der Waals surface area contributed by atoms with E-state index in [1.54, 1.807) is 24.3 Å². The first kappa shape index (κ1) is 29.2. The van der Waals surface area contributed by atoms with Crippen molar-refractivity contribution >= 4 is 33.2 Å². The number of nitrogens with one attached hydrogen (secondary N) is 2. The Morgan fingerprint density at radius 3 is 2.07 bits per heavy atom. The lowest BCUT2D eigenvalue weighted by Crippen LogP contribution is -2.28. The van der Waals surface area contributed by atoms with Crippen LogP contribution in [-0.4, -0.2) is 41.5 Å². The summed E-state index contributed by atoms with van der Waals surface area (Å²) in [5, 5.41) is 5.75. The Labute approximate surface area is 239 Å². The van der Waals surface area contributed by atoms with Gasteiger partial charge >= 0.3 is 0 Å². The van der Waals surface area contributed by atoms with Crippen molar-refractivity contribution < 1.29 is 27.5 Å². The van der Waals surface area contributed by atoms with Crippen molar-refractivity contribution in [3.8, 4) is 11.5 Å². The van der Waals surface area contributed by atoms with Gasteiger partial charge in [-0.3, -0.25) is 13.9 Å². The largest absolute Gasteiger partial charge is 0.493 e. The molecular weight excluding hydrogens is 542 g/mol. The van der Waals surface area contributed by atoms with Crippen LogP contribution in [0.3, 0.4) is 0 Å². The van der Waals surface area contributed by atoms with Gasteiger partial charge in [0.15, 0.2) is 11.5 Å². The Hall–Kier alpha value is -4.83. The number of ether oxygens (including phenoxy) is 2. The molecule has 10 heteroatoms. The molecule has 9 nitrogen and oxygen atoms in total. The van der Waals surface area contributed by atoms with Crippen LogP contribution in [0.4, 0.5) is 11.4 Å². The summed E-state index contributed by atoms with van der Waals surface area (Å²) < 4.78 is 38.0. The van der Waals surface area contributed by atoms with Gasteiger partial charge in [-0.15, -0.1) is 0 Å². The molecule has 4 rings (SSSR count). The second-order valence-corrected chi connectivity index (χ2v) is 11.1. The maximum atomic E-state index is 13.2. The number of anilines is 2. The highest BCUT2D eigenvalue weighted by Crippen LogP contribution is 2.31. The summed E-state index contributed by atoms with van der Waals surface area (Å²) in [5.74, 6) is -0.0698. The first-order valence-corrected chi connectivity index (χ1v) is 14.2. The quantitative estimate of drug-likeness (QED) is 0.267. The average Bonchev–Trinajstić information content (AvgIpc) is 3.00. The van der Waals surface area contributed by atoms with Crippen molar-refractivity contribution in [2.24, 2.45) is 0 Å². The molecule has 212 valence electrons. The van der Waals surface area contributed by atoms with E-state index in [0.717, 1.165) is 9.87 Å². The van der Waals surface area contributed by atoms with Gasteiger partial charge in [-0.25, -0.2) is 8.42 Å². The van der Waals surface area contributed by atoms with E-state index in [4.69, 9.17) is 9.47 Å². The molecule has 0 saturated carbocycles. The maximum absolute atomic E-state index is 13.2. The number of benzene rings is 4. The fourth-order valence-corrected chi connectivity index (χ4v) is 5.39. The predicted octanol–water partition coefficient (Wildman–Crippen LogP) is 5.27. The van der Waals surface area contributed by atoms with Crippen molar-refractivity contribution in [2.45, 2.75) is 17.9 Å². The Balaban J connectivity index is 1.48. The SMILES string of the molecule is COc1ccc(S(=O)(=O)N(C)c2ccc(C(=O)Nc3ccccc3C(=O)N[C@H](C)c3ccccc3)cc2)cc1OC. The fourth-order valence-electron chi connectivity index (χ4n) is 4.18. The zero-order valence-electron chi connectivity index (χ0n) is 23.1. The number of nitrogens with zero attached hydrogens (tertiary/aromatic N) is 1. The average molecular weight is 574 g/mol. The summed E-state index contributed by atoms with van der Waals surface area (Å²) in [4.78, 5) is 26.1. The molecule has 0 heterocycles. The van der Waals surface area contributed by atoms with Crippen molar-refractivity contribution in [1.29, 1.82) is 0 Å². The predicted molar refractivity (Wildman–Crippen MR) is 158 cm³/mol. The fraction of sp³-hybridized carbons (Fsp3) is 0.161. The zero-order chi connectivity index (χ0) is 29.6. The Morgan fingerprint density at radius 1 is 0.780 bits per heavy atom. The van der Waals surface area contributed by atoms with E-state index < -0.39 is 15.9 Å². The minimum atomic E-state index is -3.92. The summed E-state index contributed by atoms with van der Waals surface area (Å²) >= 11 is 0. The third-order valence-corrected chi connectivity index (χ3v) is 8.36. The van der Waals surface area contributed by atoms with Crippen LogP contribution in [0.15, 0.2) is 102 Å². The van der Waals surface area contributed by atoms with Gasteiger partial charge < -0.3 is 20.1 Å². The zero-order valence-corrected chi connectivity index (χ0v) is 23.9. The molecule has 2 amide bonds. The standard InChI is InChI=1S/C31H31N3O6S/c1-21(22-10-6-5-7-11-22)32-31(36)26-12-8-9-13-27(26)33-30(35)23-14-16-24(17-15-23)34(2)41(37,38)25-18-19-28(39-3)29(20-25)40-4/h5-21H,1-4H3,(H,32,36)(H,33,35)/t21-/m1/s1. The number of hydrogen-bond donors (Lipinski definition) is 2. The highest BCUT2D eigenvalue weighted by molar-refractivity contribution is 7.92. The summed E-state index contributed by atoms with van der Waals surface area (Å²) in [5.41, 5.74) is 2.28. The molecule has 4 aromatic rings. The second-order valence-electron chi connectivity index (χ2n) is 9.14. The normalized spacial score (nSPS) is 11.7. The van der Waals surface area contributed by atoms with Crippen molar-refractivity contribution in [2.75, 3.05) is 30.9 Å². The van der Waals surface area contributed by atoms with Crippen LogP contribution in [0, 0.1) is 0 Å². The highest BCUT2D eigenvalue weighted by atomic mass is 32.2. The topological polar surface area (TPSA) is 114 Å². The van der Waals surface area contributed by atoms with Gasteiger partial charge in [0, 0.05) is 18.7 Å². The third kappa shape index (κ3) is 6.50. The van der Waals surface area contributed by atoms with Gasteiger partial charge in [0.25, 0.3) is 21.8 Å². The molecule has 0 aliphatic carbocycles. The lowest BCUT2D eigenvalue weighted by molar-refractivity contribution is 0.0940. The Morgan fingerprint density at radius 2 is 1.41 bits per heavy atom. The number of carbonyl (C=O) groups excluding carboxylic acids is 2. The molecule has 2 N–H and O–H groups in total. The van der Waals surface area contributed by atoms with Crippen LogP contribution >= 0.6 is 0 Å². The number of amides is 2. The summed E-state index contributed by atoms with van der Waals surface area (Å²) in [6.07, 6.45) is 0. The van der Waals surface area contributed by atoms with Gasteiger partial charge in [-0.05, 0) is 61.0 Å². The molecule has 0 aliphatic rings. The molecule has 0 spiro atoms. The molecule has 0 radical (unpaired) electrons. The third-order valence-electron chi connectivity index (χ3n) is 6.57. The van der Waals surface area contributed by atoms with Crippen molar-refractivity contribution in [3.63, 3.8) is 0 Å². The number of sulfonamides is 1. The van der Waals surface area contributed by atoms with Gasteiger partial charge in [0.2, 0.25) is 0 Å². The molecule has 0 unspecified atom stereocenters. The minimum Gasteiger partial charge on any atom is -0.493 e. The molecule has 0 aromatic heterocycles. The molecule has 0 saturated heterocycles. The van der Waals surface area contributed by atoms with Gasteiger partial charge in [-0.1, -0.05) is 42.5 Å². The lowest BCUT2D eigenvalue weighted by Gasteiger charge is -2.20. The van der Waals surface area contributed by atoms with E-state index >= 15 is 0 Å². The van der Waals surface area contributed by atoms with E-state index in [2.05, 4.69) is 10.6 Å². The molecule has 4 aromatic carbocycles. The number of methoxy groups -OCH3 is 2. The molecule has 1 atom stereocenters. The van der Waals surface area contributed by atoms with Crippen LogP contribution < -0.4 is 24.4 Å². The van der Waals surface area contributed by atoms with Gasteiger partial charge in [0.1, 0.15) is 0 Å². The van der Waals surface area contributed by atoms with Gasteiger partial charge in [0.05, 0.1) is 42.1 Å². The number of rotatable bonds is 10. The summed E-state index contributed by atoms with van der Waals surface area (Å²) in [6.45, 7) is 1.89. The maximum Gasteiger partial charge on any atom is 0.264 e. The molecule has 0 bridgehead atoms. The van der Waals surface area contributed by atoms with E-state index in [9.17, 15) is 18.0 Å². The first-order valence-electron chi connectivity index (χ1n) is 12.7. The highest BCUT2D eigenvalue weighted by Gasteiger charge is 2.24. The number of carbonyl (C=O) groups is 2. The van der Waals surface area contributed by atoms with Crippen LogP contribution in [0.25, 0.3) is 0 Å². The molecular formula is C31H31N3O6S. The Bertz CT molecular complexity index is 1640. The smallest absolute Gasteiger partial charge is 0.264 e. The molecule has 0 aliphatic heterocycles. The van der Waals surface area contributed by atoms with Crippen molar-refractivity contribution in [1.82, 2.24) is 5.32 Å². The Kier molecular flexibility index (Phi) is 8.94. The van der Waals surface area contributed by atoms with E-state index in [0.29, 0.717) is 28.3 Å². The van der Waals surface area contributed by atoms with E-state index in [1.807, 2.05) is 37.3 Å². The number of hydrogen-bond acceptors (Lipinski definition) is 6. The summed E-state index contributed by atoms with van der Waals surface area (Å²) in [7, 11) is 0.396. The molecule has 41 heavy (non-hydrogen) atoms. The van der Waals surface area contributed by atoms with Gasteiger partial charge in [-0.2, -0.15) is 0 Å². The van der Waals surface area contributed by atoms with Crippen LogP contribution in [-0.2, 0) is 10.0 Å². The van der Waals surface area contributed by atoms with E-state index in [-0.39, 0.29) is 22.6 Å². The first-order chi connectivity index (χ1) is 19.6. The summed E-state index contributed by atoms with van der Waals surface area (Å²) in [6, 6.07) is 26.5. The lowest BCUT2D eigenvalue weighted by atomic mass is 10.1. The monoisotopic (exact) mass is 573 g/mol. The van der Waals surface area contributed by atoms with E-state index in [1.165, 1.54) is 63.7 Å². The van der Waals surface area contributed by atoms with Crippen molar-refractivity contribution in [3.05, 3.63) is 114 Å². The van der Waals surface area contributed by atoms with Crippen LogP contribution in [0.2, 0.25) is 0 Å². The number of para-hydroxylation sites is 1.